The van der Waals surface area contributed by atoms with Gasteiger partial charge in [0.05, 0.1) is 4.90 Å². The van der Waals surface area contributed by atoms with Gasteiger partial charge in [-0.05, 0) is 43.9 Å². The van der Waals surface area contributed by atoms with E-state index in [1.807, 2.05) is 6.92 Å². The highest BCUT2D eigenvalue weighted by atomic mass is 79.9. The van der Waals surface area contributed by atoms with Crippen LogP contribution in [0.4, 0.5) is 0 Å². The molecule has 1 aromatic rings. The summed E-state index contributed by atoms with van der Waals surface area (Å²) in [6, 6.07) is 4.25. The summed E-state index contributed by atoms with van der Waals surface area (Å²) in [5.41, 5.74) is 11.3. The Morgan fingerprint density at radius 1 is 1.41 bits per heavy atom. The average Bonchev–Trinajstić information content (AvgIpc) is 2.46. The second-order valence-corrected chi connectivity index (χ2v) is 8.52. The number of piperidine rings is 1. The standard InChI is InChI=1S/C14H20BrN3O3S/c1-9(16)10-3-2-4-18(8-10)22(20,21)13-6-11(14(17)19)5-12(15)7-13/h5-7,9-10H,2-4,8,16H2,1H3,(H2,17,19). The van der Waals surface area contributed by atoms with E-state index >= 15 is 0 Å². The number of sulfonamides is 1. The molecule has 0 aliphatic carbocycles. The summed E-state index contributed by atoms with van der Waals surface area (Å²) in [4.78, 5) is 11.4. The lowest BCUT2D eigenvalue weighted by Crippen LogP contribution is -2.45. The van der Waals surface area contributed by atoms with Gasteiger partial charge in [0.25, 0.3) is 0 Å². The zero-order valence-electron chi connectivity index (χ0n) is 12.3. The number of carbonyl (C=O) groups is 1. The van der Waals surface area contributed by atoms with Gasteiger partial charge in [-0.1, -0.05) is 15.9 Å². The van der Waals surface area contributed by atoms with Crippen LogP contribution in [0.1, 0.15) is 30.1 Å². The van der Waals surface area contributed by atoms with Crippen LogP contribution in [0.3, 0.4) is 0 Å². The van der Waals surface area contributed by atoms with E-state index in [4.69, 9.17) is 11.5 Å². The number of primary amides is 1. The fourth-order valence-corrected chi connectivity index (χ4v) is 4.88. The molecule has 0 spiro atoms. The fraction of sp³-hybridized carbons (Fsp3) is 0.500. The molecule has 1 saturated heterocycles. The number of rotatable bonds is 4. The largest absolute Gasteiger partial charge is 0.366 e. The van der Waals surface area contributed by atoms with Crippen LogP contribution in [0, 0.1) is 5.92 Å². The zero-order valence-corrected chi connectivity index (χ0v) is 14.7. The van der Waals surface area contributed by atoms with Crippen molar-refractivity contribution in [2.45, 2.75) is 30.7 Å². The topological polar surface area (TPSA) is 106 Å². The van der Waals surface area contributed by atoms with Gasteiger partial charge in [0, 0.05) is 29.2 Å². The highest BCUT2D eigenvalue weighted by Crippen LogP contribution is 2.27. The molecule has 22 heavy (non-hydrogen) atoms. The molecule has 0 radical (unpaired) electrons. The smallest absolute Gasteiger partial charge is 0.248 e. The first-order valence-electron chi connectivity index (χ1n) is 7.08. The molecule has 1 aromatic carbocycles. The Kier molecular flexibility index (Phi) is 5.26. The molecule has 2 atom stereocenters. The molecular weight excluding hydrogens is 370 g/mol. The monoisotopic (exact) mass is 389 g/mol. The van der Waals surface area contributed by atoms with Gasteiger partial charge in [0.2, 0.25) is 15.9 Å². The molecule has 0 saturated carbocycles. The number of hydrogen-bond acceptors (Lipinski definition) is 4. The van der Waals surface area contributed by atoms with Crippen molar-refractivity contribution in [3.63, 3.8) is 0 Å². The number of halogens is 1. The van der Waals surface area contributed by atoms with Crippen LogP contribution >= 0.6 is 15.9 Å². The van der Waals surface area contributed by atoms with Gasteiger partial charge >= 0.3 is 0 Å². The molecular formula is C14H20BrN3O3S. The second-order valence-electron chi connectivity index (χ2n) is 5.66. The molecule has 6 nitrogen and oxygen atoms in total. The van der Waals surface area contributed by atoms with Crippen LogP contribution in [-0.2, 0) is 10.0 Å². The summed E-state index contributed by atoms with van der Waals surface area (Å²) in [5, 5.41) is 0. The van der Waals surface area contributed by atoms with E-state index in [1.165, 1.54) is 22.5 Å². The molecule has 1 fully saturated rings. The van der Waals surface area contributed by atoms with Crippen molar-refractivity contribution in [1.82, 2.24) is 4.31 Å². The molecule has 2 rings (SSSR count). The summed E-state index contributed by atoms with van der Waals surface area (Å²) in [6.45, 7) is 2.76. The maximum atomic E-state index is 12.8. The minimum absolute atomic E-state index is 0.0540. The van der Waals surface area contributed by atoms with E-state index in [1.54, 1.807) is 0 Å². The Labute approximate surface area is 139 Å². The zero-order chi connectivity index (χ0) is 16.5. The lowest BCUT2D eigenvalue weighted by atomic mass is 9.93. The molecule has 1 aliphatic rings. The van der Waals surface area contributed by atoms with Crippen LogP contribution in [0.5, 0.6) is 0 Å². The van der Waals surface area contributed by atoms with Gasteiger partial charge in [-0.15, -0.1) is 0 Å². The average molecular weight is 390 g/mol. The third kappa shape index (κ3) is 3.68. The first kappa shape index (κ1) is 17.4. The SMILES string of the molecule is CC(N)C1CCCN(S(=O)(=O)c2cc(Br)cc(C(N)=O)c2)C1. The van der Waals surface area contributed by atoms with Crippen LogP contribution in [0.15, 0.2) is 27.6 Å². The third-order valence-electron chi connectivity index (χ3n) is 3.96. The van der Waals surface area contributed by atoms with Gasteiger partial charge in [0.15, 0.2) is 0 Å². The van der Waals surface area contributed by atoms with Crippen molar-refractivity contribution < 1.29 is 13.2 Å². The fourth-order valence-electron chi connectivity index (χ4n) is 2.62. The minimum Gasteiger partial charge on any atom is -0.366 e. The van der Waals surface area contributed by atoms with E-state index in [-0.39, 0.29) is 22.4 Å². The van der Waals surface area contributed by atoms with Crippen LogP contribution in [-0.4, -0.2) is 37.8 Å². The van der Waals surface area contributed by atoms with Gasteiger partial charge in [-0.3, -0.25) is 4.79 Å². The van der Waals surface area contributed by atoms with Crippen molar-refractivity contribution in [3.8, 4) is 0 Å². The first-order chi connectivity index (χ1) is 10.2. The van der Waals surface area contributed by atoms with Crippen molar-refractivity contribution in [3.05, 3.63) is 28.2 Å². The molecule has 2 unspecified atom stereocenters. The van der Waals surface area contributed by atoms with Crippen LogP contribution < -0.4 is 11.5 Å². The second kappa shape index (κ2) is 6.66. The van der Waals surface area contributed by atoms with Crippen molar-refractivity contribution in [1.29, 1.82) is 0 Å². The van der Waals surface area contributed by atoms with E-state index in [0.717, 1.165) is 12.8 Å². The van der Waals surface area contributed by atoms with Crippen LogP contribution in [0.25, 0.3) is 0 Å². The summed E-state index contributed by atoms with van der Waals surface area (Å²) in [5.74, 6) is -0.517. The number of nitrogens with zero attached hydrogens (tertiary/aromatic N) is 1. The van der Waals surface area contributed by atoms with Crippen molar-refractivity contribution in [2.24, 2.45) is 17.4 Å². The summed E-state index contributed by atoms with van der Waals surface area (Å²) in [6.07, 6.45) is 1.71. The van der Waals surface area contributed by atoms with E-state index in [0.29, 0.717) is 17.6 Å². The lowest BCUT2D eigenvalue weighted by Gasteiger charge is -2.33. The van der Waals surface area contributed by atoms with E-state index < -0.39 is 15.9 Å². The Balaban J connectivity index is 2.36. The normalized spacial score (nSPS) is 21.5. The lowest BCUT2D eigenvalue weighted by molar-refractivity contribution is 0.1000. The Morgan fingerprint density at radius 2 is 2.09 bits per heavy atom. The van der Waals surface area contributed by atoms with Gasteiger partial charge in [0.1, 0.15) is 0 Å². The highest BCUT2D eigenvalue weighted by molar-refractivity contribution is 9.10. The van der Waals surface area contributed by atoms with E-state index in [9.17, 15) is 13.2 Å². The quantitative estimate of drug-likeness (QED) is 0.808. The maximum absolute atomic E-state index is 12.8. The third-order valence-corrected chi connectivity index (χ3v) is 6.26. The molecule has 1 amide bonds. The highest BCUT2D eigenvalue weighted by Gasteiger charge is 2.32. The van der Waals surface area contributed by atoms with Gasteiger partial charge in [-0.25, -0.2) is 8.42 Å². The molecule has 8 heteroatoms. The molecule has 122 valence electrons. The number of hydrogen-bond donors (Lipinski definition) is 2. The molecule has 4 N–H and O–H groups in total. The maximum Gasteiger partial charge on any atom is 0.248 e. The number of benzene rings is 1. The predicted octanol–water partition coefficient (Wildman–Crippen LogP) is 1.30. The molecule has 0 bridgehead atoms. The summed E-state index contributed by atoms with van der Waals surface area (Å²) >= 11 is 3.22. The van der Waals surface area contributed by atoms with Crippen LogP contribution in [0.2, 0.25) is 0 Å². The minimum atomic E-state index is -3.67. The van der Waals surface area contributed by atoms with Crippen molar-refractivity contribution in [2.75, 3.05) is 13.1 Å². The molecule has 1 aliphatic heterocycles. The number of carbonyl (C=O) groups excluding carboxylic acids is 1. The summed E-state index contributed by atoms with van der Waals surface area (Å²) < 4.78 is 27.5. The molecule has 0 aromatic heterocycles. The first-order valence-corrected chi connectivity index (χ1v) is 9.31. The van der Waals surface area contributed by atoms with E-state index in [2.05, 4.69) is 15.9 Å². The summed E-state index contributed by atoms with van der Waals surface area (Å²) in [7, 11) is -3.67. The van der Waals surface area contributed by atoms with Gasteiger partial charge < -0.3 is 11.5 Å². The number of amides is 1. The van der Waals surface area contributed by atoms with Crippen molar-refractivity contribution >= 4 is 31.9 Å². The Bertz CT molecular complexity index is 676. The predicted molar refractivity (Wildman–Crippen MR) is 87.8 cm³/mol. The molecule has 1 heterocycles. The number of nitrogens with two attached hydrogens (primary N) is 2. The Hall–Kier alpha value is -0.960. The Morgan fingerprint density at radius 3 is 2.68 bits per heavy atom. The van der Waals surface area contributed by atoms with Gasteiger partial charge in [-0.2, -0.15) is 4.31 Å².